The van der Waals surface area contributed by atoms with Crippen molar-refractivity contribution < 1.29 is 10.0 Å². The zero-order valence-electron chi connectivity index (χ0n) is 10.9. The molecule has 1 aliphatic carbocycles. The van der Waals surface area contributed by atoms with Crippen LogP contribution in [-0.2, 0) is 4.79 Å². The van der Waals surface area contributed by atoms with E-state index in [-0.39, 0.29) is 17.8 Å². The van der Waals surface area contributed by atoms with Gasteiger partial charge in [0, 0.05) is 12.0 Å². The molecule has 1 fully saturated rings. The fourth-order valence-corrected chi connectivity index (χ4v) is 2.31. The fourth-order valence-electron chi connectivity index (χ4n) is 2.31. The number of hydrogen-bond acceptors (Lipinski definition) is 3. The van der Waals surface area contributed by atoms with Gasteiger partial charge in [-0.15, -0.1) is 0 Å². The first kappa shape index (κ1) is 13.4. The number of nitrogens with zero attached hydrogens (tertiary/aromatic N) is 1. The Balaban J connectivity index is 1.92. The summed E-state index contributed by atoms with van der Waals surface area (Å²) in [6.07, 6.45) is 1.47. The molecule has 1 amide bonds. The van der Waals surface area contributed by atoms with Crippen molar-refractivity contribution in [2.45, 2.75) is 31.7 Å². The highest BCUT2D eigenvalue weighted by Crippen LogP contribution is 2.40. The standard InChI is InChI=1S/C14H19N3O2/c1-2-10(13(15)17-19)14(18)16-12-8-11(12)9-6-4-3-5-7-9/h3-7,10-12,19H,2,8H2,1H3,(H2,15,17)(H,16,18). The van der Waals surface area contributed by atoms with Gasteiger partial charge in [0.25, 0.3) is 0 Å². The molecule has 0 spiro atoms. The molecule has 3 unspecified atom stereocenters. The van der Waals surface area contributed by atoms with Crippen LogP contribution in [0.2, 0.25) is 0 Å². The molecule has 0 radical (unpaired) electrons. The normalized spacial score (nSPS) is 23.7. The van der Waals surface area contributed by atoms with E-state index in [1.165, 1.54) is 5.56 Å². The minimum atomic E-state index is -0.554. The van der Waals surface area contributed by atoms with E-state index in [2.05, 4.69) is 22.6 Å². The highest BCUT2D eigenvalue weighted by atomic mass is 16.4. The van der Waals surface area contributed by atoms with E-state index >= 15 is 0 Å². The summed E-state index contributed by atoms with van der Waals surface area (Å²) in [5.74, 6) is -0.366. The lowest BCUT2D eigenvalue weighted by Gasteiger charge is -2.13. The number of carbonyl (C=O) groups excluding carboxylic acids is 1. The van der Waals surface area contributed by atoms with Crippen molar-refractivity contribution in [2.75, 3.05) is 0 Å². The van der Waals surface area contributed by atoms with Gasteiger partial charge in [-0.05, 0) is 18.4 Å². The van der Waals surface area contributed by atoms with E-state index < -0.39 is 5.92 Å². The van der Waals surface area contributed by atoms with Gasteiger partial charge in [0.15, 0.2) is 5.84 Å². The number of amidine groups is 1. The first-order valence-electron chi connectivity index (χ1n) is 6.50. The maximum atomic E-state index is 12.0. The number of rotatable bonds is 5. The largest absolute Gasteiger partial charge is 0.409 e. The van der Waals surface area contributed by atoms with Crippen LogP contribution in [0.4, 0.5) is 0 Å². The molecule has 5 heteroatoms. The van der Waals surface area contributed by atoms with Crippen molar-refractivity contribution in [1.82, 2.24) is 5.32 Å². The van der Waals surface area contributed by atoms with Gasteiger partial charge in [-0.25, -0.2) is 0 Å². The first-order chi connectivity index (χ1) is 9.17. The Morgan fingerprint density at radius 1 is 1.53 bits per heavy atom. The molecular weight excluding hydrogens is 242 g/mol. The van der Waals surface area contributed by atoms with Gasteiger partial charge in [0.1, 0.15) is 0 Å². The van der Waals surface area contributed by atoms with Crippen molar-refractivity contribution in [3.05, 3.63) is 35.9 Å². The van der Waals surface area contributed by atoms with Crippen LogP contribution in [0.5, 0.6) is 0 Å². The zero-order chi connectivity index (χ0) is 13.8. The molecule has 1 saturated carbocycles. The third-order valence-corrected chi connectivity index (χ3v) is 3.54. The molecule has 0 aliphatic heterocycles. The summed E-state index contributed by atoms with van der Waals surface area (Å²) in [6.45, 7) is 1.84. The Kier molecular flexibility index (Phi) is 4.04. The second-order valence-corrected chi connectivity index (χ2v) is 4.85. The van der Waals surface area contributed by atoms with Gasteiger partial charge in [-0.3, -0.25) is 4.79 Å². The molecule has 1 aliphatic rings. The van der Waals surface area contributed by atoms with Crippen LogP contribution in [0.15, 0.2) is 35.5 Å². The fraction of sp³-hybridized carbons (Fsp3) is 0.429. The first-order valence-corrected chi connectivity index (χ1v) is 6.50. The Bertz CT molecular complexity index is 473. The minimum Gasteiger partial charge on any atom is -0.409 e. The number of benzene rings is 1. The average Bonchev–Trinajstić information content (AvgIpc) is 3.19. The van der Waals surface area contributed by atoms with Crippen LogP contribution in [0.25, 0.3) is 0 Å². The molecule has 2 rings (SSSR count). The summed E-state index contributed by atoms with van der Waals surface area (Å²) in [7, 11) is 0. The van der Waals surface area contributed by atoms with E-state index in [9.17, 15) is 4.79 Å². The van der Waals surface area contributed by atoms with Crippen LogP contribution >= 0.6 is 0 Å². The van der Waals surface area contributed by atoms with Crippen LogP contribution in [-0.4, -0.2) is 23.0 Å². The van der Waals surface area contributed by atoms with Crippen molar-refractivity contribution in [2.24, 2.45) is 16.8 Å². The average molecular weight is 261 g/mol. The molecule has 1 aromatic carbocycles. The SMILES string of the molecule is CCC(C(=O)NC1CC1c1ccccc1)C(N)=NO. The lowest BCUT2D eigenvalue weighted by atomic mass is 10.0. The molecule has 4 N–H and O–H groups in total. The number of oxime groups is 1. The van der Waals surface area contributed by atoms with Crippen LogP contribution < -0.4 is 11.1 Å². The summed E-state index contributed by atoms with van der Waals surface area (Å²) in [4.78, 5) is 12.0. The Hall–Kier alpha value is -2.04. The summed E-state index contributed by atoms with van der Waals surface area (Å²) in [5.41, 5.74) is 6.75. The number of nitrogens with one attached hydrogen (secondary N) is 1. The number of carbonyl (C=O) groups is 1. The molecule has 5 nitrogen and oxygen atoms in total. The smallest absolute Gasteiger partial charge is 0.231 e. The predicted octanol–water partition coefficient (Wildman–Crippen LogP) is 1.43. The summed E-state index contributed by atoms with van der Waals surface area (Å²) in [5, 5.41) is 14.5. The summed E-state index contributed by atoms with van der Waals surface area (Å²) in [6, 6.07) is 10.3. The topological polar surface area (TPSA) is 87.7 Å². The van der Waals surface area contributed by atoms with E-state index in [1.54, 1.807) is 0 Å². The van der Waals surface area contributed by atoms with E-state index in [4.69, 9.17) is 10.9 Å². The van der Waals surface area contributed by atoms with Gasteiger partial charge in [0.2, 0.25) is 5.91 Å². The molecule has 19 heavy (non-hydrogen) atoms. The molecule has 0 aromatic heterocycles. The van der Waals surface area contributed by atoms with Gasteiger partial charge >= 0.3 is 0 Å². The summed E-state index contributed by atoms with van der Waals surface area (Å²) >= 11 is 0. The molecular formula is C14H19N3O2. The lowest BCUT2D eigenvalue weighted by molar-refractivity contribution is -0.123. The second kappa shape index (κ2) is 5.73. The zero-order valence-corrected chi connectivity index (χ0v) is 10.9. The van der Waals surface area contributed by atoms with Crippen molar-refractivity contribution in [1.29, 1.82) is 0 Å². The van der Waals surface area contributed by atoms with E-state index in [0.29, 0.717) is 12.3 Å². The number of hydrogen-bond donors (Lipinski definition) is 3. The third kappa shape index (κ3) is 3.05. The Morgan fingerprint density at radius 3 is 2.79 bits per heavy atom. The second-order valence-electron chi connectivity index (χ2n) is 4.85. The monoisotopic (exact) mass is 261 g/mol. The molecule has 0 bridgehead atoms. The van der Waals surface area contributed by atoms with Crippen molar-refractivity contribution in [3.63, 3.8) is 0 Å². The minimum absolute atomic E-state index is 0.0306. The lowest BCUT2D eigenvalue weighted by Crippen LogP contribution is -2.39. The van der Waals surface area contributed by atoms with Crippen LogP contribution in [0.1, 0.15) is 31.2 Å². The predicted molar refractivity (Wildman–Crippen MR) is 72.9 cm³/mol. The third-order valence-electron chi connectivity index (χ3n) is 3.54. The molecule has 0 saturated heterocycles. The van der Waals surface area contributed by atoms with Crippen LogP contribution in [0.3, 0.4) is 0 Å². The highest BCUT2D eigenvalue weighted by molar-refractivity contribution is 6.02. The maximum absolute atomic E-state index is 12.0. The van der Waals surface area contributed by atoms with Gasteiger partial charge in [-0.1, -0.05) is 42.4 Å². The van der Waals surface area contributed by atoms with E-state index in [1.807, 2.05) is 25.1 Å². The molecule has 102 valence electrons. The highest BCUT2D eigenvalue weighted by Gasteiger charge is 2.40. The Labute approximate surface area is 112 Å². The van der Waals surface area contributed by atoms with Gasteiger partial charge in [-0.2, -0.15) is 0 Å². The van der Waals surface area contributed by atoms with Crippen molar-refractivity contribution >= 4 is 11.7 Å². The summed E-state index contributed by atoms with van der Waals surface area (Å²) < 4.78 is 0. The number of nitrogens with two attached hydrogens (primary N) is 1. The Morgan fingerprint density at radius 2 is 2.21 bits per heavy atom. The maximum Gasteiger partial charge on any atom is 0.231 e. The molecule has 3 atom stereocenters. The van der Waals surface area contributed by atoms with Gasteiger partial charge < -0.3 is 16.3 Å². The van der Waals surface area contributed by atoms with Gasteiger partial charge in [0.05, 0.1) is 5.92 Å². The number of amides is 1. The van der Waals surface area contributed by atoms with Crippen molar-refractivity contribution in [3.8, 4) is 0 Å². The van der Waals surface area contributed by atoms with E-state index in [0.717, 1.165) is 6.42 Å². The molecule has 1 aromatic rings. The quantitative estimate of drug-likeness (QED) is 0.324. The molecule has 0 heterocycles. The van der Waals surface area contributed by atoms with Crippen LogP contribution in [0, 0.1) is 5.92 Å².